The number of carbonyl (C=O) groups excluding carboxylic acids is 3. The summed E-state index contributed by atoms with van der Waals surface area (Å²) in [5, 5.41) is 11.5. The molecule has 43 heavy (non-hydrogen) atoms. The number of carbonyl (C=O) groups is 3. The standard InChI is InChI=1S/C35H65NO7/c1-6-8-10-12-14-16-17-18-20-22-24-26-34(38)43-31(29-41-28-27-32(35(39)40)36(3,4)5)30-42-33(37)25-23-21-19-15-13-11-9-7-2/h12,14,31-32H,6-11,13,15-30H2,1-5H3/b14-12+. The van der Waals surface area contributed by atoms with Crippen LogP contribution in [0.1, 0.15) is 142 Å². The second-order valence-corrected chi connectivity index (χ2v) is 12.8. The number of hydrogen-bond donors (Lipinski definition) is 0. The van der Waals surface area contributed by atoms with Gasteiger partial charge in [0.05, 0.1) is 40.3 Å². The summed E-state index contributed by atoms with van der Waals surface area (Å²) in [7, 11) is 5.38. The zero-order valence-corrected chi connectivity index (χ0v) is 28.4. The van der Waals surface area contributed by atoms with Crippen LogP contribution in [-0.2, 0) is 28.6 Å². The molecule has 0 N–H and O–H groups in total. The Morgan fingerprint density at radius 1 is 0.674 bits per heavy atom. The maximum atomic E-state index is 12.5. The maximum absolute atomic E-state index is 12.5. The summed E-state index contributed by atoms with van der Waals surface area (Å²) >= 11 is 0. The maximum Gasteiger partial charge on any atom is 0.306 e. The Hall–Kier alpha value is -1.93. The highest BCUT2D eigenvalue weighted by atomic mass is 16.6. The molecular formula is C35H65NO7. The van der Waals surface area contributed by atoms with E-state index in [1.165, 1.54) is 57.8 Å². The molecule has 0 aromatic heterocycles. The molecule has 0 spiro atoms. The molecule has 2 unspecified atom stereocenters. The number of aliphatic carboxylic acids is 1. The minimum absolute atomic E-state index is 0.0411. The molecule has 0 bridgehead atoms. The Balaban J connectivity index is 4.49. The fraction of sp³-hybridized carbons (Fsp3) is 0.857. The molecule has 0 aliphatic carbocycles. The summed E-state index contributed by atoms with van der Waals surface area (Å²) in [6.45, 7) is 4.56. The number of carboxylic acids is 1. The number of unbranched alkanes of at least 4 members (excludes halogenated alkanes) is 14. The van der Waals surface area contributed by atoms with E-state index in [1.807, 2.05) is 0 Å². The molecule has 0 saturated heterocycles. The third kappa shape index (κ3) is 26.2. The van der Waals surface area contributed by atoms with Crippen LogP contribution in [0.2, 0.25) is 0 Å². The van der Waals surface area contributed by atoms with E-state index in [1.54, 1.807) is 21.1 Å². The summed E-state index contributed by atoms with van der Waals surface area (Å²) in [6.07, 6.45) is 23.8. The Kier molecular flexibility index (Phi) is 26.4. The van der Waals surface area contributed by atoms with Crippen LogP contribution in [0.15, 0.2) is 12.2 Å². The zero-order valence-electron chi connectivity index (χ0n) is 28.4. The van der Waals surface area contributed by atoms with Crippen LogP contribution in [-0.4, -0.2) is 75.5 Å². The molecule has 0 aromatic carbocycles. The molecular weight excluding hydrogens is 546 g/mol. The fourth-order valence-electron chi connectivity index (χ4n) is 4.87. The molecule has 0 aliphatic rings. The fourth-order valence-corrected chi connectivity index (χ4v) is 4.87. The number of quaternary nitrogens is 1. The van der Waals surface area contributed by atoms with Crippen molar-refractivity contribution in [3.8, 4) is 0 Å². The first-order valence-electron chi connectivity index (χ1n) is 17.2. The number of rotatable bonds is 30. The second kappa shape index (κ2) is 27.6. The molecule has 0 fully saturated rings. The number of carboxylic acid groups (broad SMARTS) is 1. The third-order valence-corrected chi connectivity index (χ3v) is 7.65. The van der Waals surface area contributed by atoms with Crippen LogP contribution >= 0.6 is 0 Å². The monoisotopic (exact) mass is 611 g/mol. The SMILES string of the molecule is CCCC/C=C/CCCCCCCC(=O)OC(COCCC(C(=O)[O-])[N+](C)(C)C)COC(=O)CCCCCCCCCC. The number of likely N-dealkylation sites (N-methyl/N-ethyl adjacent to an activating group) is 1. The van der Waals surface area contributed by atoms with Crippen molar-refractivity contribution in [3.05, 3.63) is 12.2 Å². The first-order chi connectivity index (χ1) is 20.6. The number of ether oxygens (including phenoxy) is 3. The summed E-state index contributed by atoms with van der Waals surface area (Å²) < 4.78 is 17.0. The van der Waals surface area contributed by atoms with Crippen molar-refractivity contribution in [2.24, 2.45) is 0 Å². The zero-order chi connectivity index (χ0) is 32.2. The van der Waals surface area contributed by atoms with Crippen molar-refractivity contribution in [3.63, 3.8) is 0 Å². The van der Waals surface area contributed by atoms with Gasteiger partial charge in [0, 0.05) is 19.3 Å². The van der Waals surface area contributed by atoms with Crippen LogP contribution in [0.5, 0.6) is 0 Å². The van der Waals surface area contributed by atoms with Gasteiger partial charge in [0.2, 0.25) is 0 Å². The van der Waals surface area contributed by atoms with Crippen molar-refractivity contribution in [1.82, 2.24) is 0 Å². The largest absolute Gasteiger partial charge is 0.544 e. The number of nitrogens with zero attached hydrogens (tertiary/aromatic N) is 1. The van der Waals surface area contributed by atoms with Gasteiger partial charge in [-0.15, -0.1) is 0 Å². The van der Waals surface area contributed by atoms with Gasteiger partial charge in [-0.2, -0.15) is 0 Å². The molecule has 0 radical (unpaired) electrons. The van der Waals surface area contributed by atoms with Crippen LogP contribution in [0, 0.1) is 0 Å². The average molecular weight is 612 g/mol. The molecule has 0 saturated carbocycles. The molecule has 8 heteroatoms. The highest BCUT2D eigenvalue weighted by Gasteiger charge is 2.25. The number of allylic oxidation sites excluding steroid dienone is 2. The van der Waals surface area contributed by atoms with Crippen LogP contribution in [0.25, 0.3) is 0 Å². The quantitative estimate of drug-likeness (QED) is 0.0386. The Bertz CT molecular complexity index is 732. The lowest BCUT2D eigenvalue weighted by Crippen LogP contribution is -2.55. The van der Waals surface area contributed by atoms with Crippen molar-refractivity contribution in [2.45, 2.75) is 154 Å². The topological polar surface area (TPSA) is 102 Å². The number of hydrogen-bond acceptors (Lipinski definition) is 7. The molecule has 0 rings (SSSR count). The molecule has 252 valence electrons. The number of esters is 2. The molecule has 0 heterocycles. The highest BCUT2D eigenvalue weighted by Crippen LogP contribution is 2.13. The van der Waals surface area contributed by atoms with Crippen molar-refractivity contribution < 1.29 is 38.2 Å². The summed E-state index contributed by atoms with van der Waals surface area (Å²) in [5.74, 6) is -1.75. The first kappa shape index (κ1) is 41.1. The second-order valence-electron chi connectivity index (χ2n) is 12.8. The molecule has 0 amide bonds. The van der Waals surface area contributed by atoms with E-state index in [9.17, 15) is 19.5 Å². The van der Waals surface area contributed by atoms with Gasteiger partial charge < -0.3 is 28.6 Å². The van der Waals surface area contributed by atoms with Gasteiger partial charge >= 0.3 is 11.9 Å². The Morgan fingerprint density at radius 3 is 1.74 bits per heavy atom. The average Bonchev–Trinajstić information content (AvgIpc) is 2.94. The van der Waals surface area contributed by atoms with Gasteiger partial charge in [-0.1, -0.05) is 103 Å². The van der Waals surface area contributed by atoms with Gasteiger partial charge in [0.25, 0.3) is 0 Å². The van der Waals surface area contributed by atoms with Gasteiger partial charge in [-0.3, -0.25) is 9.59 Å². The summed E-state index contributed by atoms with van der Waals surface area (Å²) in [4.78, 5) is 36.4. The van der Waals surface area contributed by atoms with E-state index in [0.717, 1.165) is 51.4 Å². The normalized spacial score (nSPS) is 13.2. The van der Waals surface area contributed by atoms with Crippen LogP contribution in [0.4, 0.5) is 0 Å². The molecule has 8 nitrogen and oxygen atoms in total. The third-order valence-electron chi connectivity index (χ3n) is 7.65. The summed E-state index contributed by atoms with van der Waals surface area (Å²) in [6, 6.07) is -0.720. The van der Waals surface area contributed by atoms with Crippen LogP contribution in [0.3, 0.4) is 0 Å². The van der Waals surface area contributed by atoms with E-state index < -0.39 is 18.1 Å². The Labute approximate surface area is 263 Å². The van der Waals surface area contributed by atoms with E-state index in [0.29, 0.717) is 12.8 Å². The van der Waals surface area contributed by atoms with E-state index in [4.69, 9.17) is 14.2 Å². The van der Waals surface area contributed by atoms with Gasteiger partial charge in [-0.25, -0.2) is 0 Å². The minimum atomic E-state index is -1.13. The smallest absolute Gasteiger partial charge is 0.306 e. The first-order valence-corrected chi connectivity index (χ1v) is 17.2. The van der Waals surface area contributed by atoms with Gasteiger partial charge in [0.15, 0.2) is 6.10 Å². The molecule has 0 aliphatic heterocycles. The predicted molar refractivity (Wildman–Crippen MR) is 171 cm³/mol. The van der Waals surface area contributed by atoms with Crippen LogP contribution < -0.4 is 5.11 Å². The van der Waals surface area contributed by atoms with E-state index in [2.05, 4.69) is 26.0 Å². The lowest BCUT2D eigenvalue weighted by Gasteiger charge is -2.34. The highest BCUT2D eigenvalue weighted by molar-refractivity contribution is 5.70. The van der Waals surface area contributed by atoms with Crippen molar-refractivity contribution in [1.29, 1.82) is 0 Å². The molecule has 0 aromatic rings. The van der Waals surface area contributed by atoms with Crippen molar-refractivity contribution in [2.75, 3.05) is 41.0 Å². The lowest BCUT2D eigenvalue weighted by molar-refractivity contribution is -0.889. The van der Waals surface area contributed by atoms with Gasteiger partial charge in [-0.05, 0) is 32.1 Å². The molecule has 2 atom stereocenters. The lowest BCUT2D eigenvalue weighted by atomic mass is 10.1. The van der Waals surface area contributed by atoms with E-state index in [-0.39, 0.29) is 42.7 Å². The van der Waals surface area contributed by atoms with E-state index >= 15 is 0 Å². The van der Waals surface area contributed by atoms with Gasteiger partial charge in [0.1, 0.15) is 12.6 Å². The summed E-state index contributed by atoms with van der Waals surface area (Å²) in [5.41, 5.74) is 0. The minimum Gasteiger partial charge on any atom is -0.544 e. The Morgan fingerprint density at radius 2 is 1.19 bits per heavy atom. The van der Waals surface area contributed by atoms with Crippen molar-refractivity contribution >= 4 is 17.9 Å². The predicted octanol–water partition coefficient (Wildman–Crippen LogP) is 6.68.